The lowest BCUT2D eigenvalue weighted by Crippen LogP contribution is -2.14. The molecule has 1 aromatic heterocycles. The molecule has 0 fully saturated rings. The molecule has 0 radical (unpaired) electrons. The van der Waals surface area contributed by atoms with E-state index in [0.717, 1.165) is 0 Å². The Morgan fingerprint density at radius 1 is 0.931 bits per heavy atom. The summed E-state index contributed by atoms with van der Waals surface area (Å²) in [6.07, 6.45) is 0. The Labute approximate surface area is 175 Å². The number of nitrogens with zero attached hydrogens (tertiary/aromatic N) is 3. The van der Waals surface area contributed by atoms with Crippen molar-refractivity contribution >= 4 is 34.8 Å². The predicted molar refractivity (Wildman–Crippen MR) is 111 cm³/mol. The number of hydrogen-bond acceptors (Lipinski definition) is 3. The number of hydrogen-bond donors (Lipinski definition) is 1. The molecule has 0 aliphatic rings. The van der Waals surface area contributed by atoms with Gasteiger partial charge < -0.3 is 5.32 Å². The molecule has 144 valence electrons. The van der Waals surface area contributed by atoms with Gasteiger partial charge in [0.2, 0.25) is 5.82 Å². The van der Waals surface area contributed by atoms with Crippen LogP contribution in [0, 0.1) is 5.82 Å². The van der Waals surface area contributed by atoms with Crippen LogP contribution in [0.15, 0.2) is 72.8 Å². The maximum atomic E-state index is 13.3. The van der Waals surface area contributed by atoms with Crippen LogP contribution in [0.5, 0.6) is 0 Å². The van der Waals surface area contributed by atoms with Crippen molar-refractivity contribution in [1.82, 2.24) is 14.8 Å². The molecule has 0 unspecified atom stereocenters. The van der Waals surface area contributed by atoms with E-state index in [-0.39, 0.29) is 11.6 Å². The topological polar surface area (TPSA) is 59.8 Å². The van der Waals surface area contributed by atoms with Crippen LogP contribution in [0.1, 0.15) is 10.6 Å². The summed E-state index contributed by atoms with van der Waals surface area (Å²) in [5.74, 6) is -0.493. The van der Waals surface area contributed by atoms with Crippen molar-refractivity contribution in [3.05, 3.63) is 94.5 Å². The van der Waals surface area contributed by atoms with E-state index in [0.29, 0.717) is 32.8 Å². The highest BCUT2D eigenvalue weighted by molar-refractivity contribution is 6.31. The SMILES string of the molecule is O=C(Nc1cccc(Cl)c1)c1nc(-c2ccc(Cl)cc2)n(-c2ccc(F)cc2)n1. The van der Waals surface area contributed by atoms with E-state index in [1.807, 2.05) is 0 Å². The number of carbonyl (C=O) groups excluding carboxylic acids is 1. The highest BCUT2D eigenvalue weighted by Gasteiger charge is 2.19. The van der Waals surface area contributed by atoms with Gasteiger partial charge in [-0.05, 0) is 66.7 Å². The first-order valence-corrected chi connectivity index (χ1v) is 9.31. The number of aromatic nitrogens is 3. The second-order valence-electron chi connectivity index (χ2n) is 6.12. The minimum absolute atomic E-state index is 0.0424. The number of halogens is 3. The number of nitrogens with one attached hydrogen (secondary N) is 1. The van der Waals surface area contributed by atoms with E-state index in [1.54, 1.807) is 60.7 Å². The van der Waals surface area contributed by atoms with Gasteiger partial charge in [0.15, 0.2) is 5.82 Å². The fourth-order valence-electron chi connectivity index (χ4n) is 2.71. The van der Waals surface area contributed by atoms with Gasteiger partial charge in [0.05, 0.1) is 5.69 Å². The van der Waals surface area contributed by atoms with Crippen LogP contribution in [0.3, 0.4) is 0 Å². The third kappa shape index (κ3) is 4.29. The van der Waals surface area contributed by atoms with Gasteiger partial charge in [-0.25, -0.2) is 14.1 Å². The molecule has 4 aromatic rings. The zero-order valence-electron chi connectivity index (χ0n) is 14.8. The molecule has 1 amide bonds. The van der Waals surface area contributed by atoms with Gasteiger partial charge in [-0.1, -0.05) is 29.3 Å². The first-order valence-electron chi connectivity index (χ1n) is 8.55. The predicted octanol–water partition coefficient (Wildman–Crippen LogP) is 5.63. The maximum absolute atomic E-state index is 13.3. The summed E-state index contributed by atoms with van der Waals surface area (Å²) in [7, 11) is 0. The van der Waals surface area contributed by atoms with Crippen molar-refractivity contribution in [2.75, 3.05) is 5.32 Å². The molecule has 0 saturated carbocycles. The lowest BCUT2D eigenvalue weighted by molar-refractivity contribution is 0.101. The average molecular weight is 427 g/mol. The Kier molecular flexibility index (Phi) is 5.29. The molecule has 0 spiro atoms. The lowest BCUT2D eigenvalue weighted by atomic mass is 10.2. The van der Waals surface area contributed by atoms with Crippen LogP contribution >= 0.6 is 23.2 Å². The molecule has 29 heavy (non-hydrogen) atoms. The Morgan fingerprint density at radius 3 is 2.34 bits per heavy atom. The van der Waals surface area contributed by atoms with Crippen molar-refractivity contribution in [2.24, 2.45) is 0 Å². The first kappa shape index (κ1) is 19.1. The summed E-state index contributed by atoms with van der Waals surface area (Å²) in [4.78, 5) is 17.1. The molecule has 0 saturated heterocycles. The molecule has 5 nitrogen and oxygen atoms in total. The molecule has 0 atom stereocenters. The number of carbonyl (C=O) groups is 1. The Bertz CT molecular complexity index is 1110. The summed E-state index contributed by atoms with van der Waals surface area (Å²) >= 11 is 11.9. The largest absolute Gasteiger partial charge is 0.319 e. The highest BCUT2D eigenvalue weighted by atomic mass is 35.5. The van der Waals surface area contributed by atoms with Crippen molar-refractivity contribution in [1.29, 1.82) is 0 Å². The second-order valence-corrected chi connectivity index (χ2v) is 6.99. The summed E-state index contributed by atoms with van der Waals surface area (Å²) < 4.78 is 14.8. The van der Waals surface area contributed by atoms with Crippen LogP contribution in [0.4, 0.5) is 10.1 Å². The quantitative estimate of drug-likeness (QED) is 0.459. The minimum Gasteiger partial charge on any atom is -0.319 e. The summed E-state index contributed by atoms with van der Waals surface area (Å²) in [6.45, 7) is 0. The van der Waals surface area contributed by atoms with Crippen molar-refractivity contribution in [2.45, 2.75) is 0 Å². The minimum atomic E-state index is -0.497. The Hall–Kier alpha value is -3.22. The van der Waals surface area contributed by atoms with Crippen LogP contribution in [0.2, 0.25) is 10.0 Å². The average Bonchev–Trinajstić information content (AvgIpc) is 3.15. The summed E-state index contributed by atoms with van der Waals surface area (Å²) in [5.41, 5.74) is 1.78. The molecule has 0 bridgehead atoms. The molecular weight excluding hydrogens is 414 g/mol. The first-order chi connectivity index (χ1) is 14.0. The van der Waals surface area contributed by atoms with Crippen molar-refractivity contribution in [3.8, 4) is 17.1 Å². The third-order valence-electron chi connectivity index (χ3n) is 4.07. The van der Waals surface area contributed by atoms with Gasteiger partial charge in [-0.3, -0.25) is 4.79 Å². The fraction of sp³-hybridized carbons (Fsp3) is 0. The molecule has 0 aliphatic carbocycles. The lowest BCUT2D eigenvalue weighted by Gasteiger charge is -2.06. The standard InChI is InChI=1S/C21H13Cl2FN4O/c22-14-6-4-13(5-7-14)20-26-19(21(29)25-17-3-1-2-15(23)12-17)27-28(20)18-10-8-16(24)9-11-18/h1-12H,(H,25,29). The van der Waals surface area contributed by atoms with Crippen molar-refractivity contribution < 1.29 is 9.18 Å². The molecule has 1 N–H and O–H groups in total. The normalized spacial score (nSPS) is 10.7. The van der Waals surface area contributed by atoms with Gasteiger partial charge in [0.25, 0.3) is 5.91 Å². The van der Waals surface area contributed by atoms with Crippen molar-refractivity contribution in [3.63, 3.8) is 0 Å². The monoisotopic (exact) mass is 426 g/mol. The third-order valence-corrected chi connectivity index (χ3v) is 4.55. The zero-order valence-corrected chi connectivity index (χ0v) is 16.3. The summed E-state index contributed by atoms with van der Waals surface area (Å²) in [6, 6.07) is 19.5. The number of rotatable bonds is 4. The highest BCUT2D eigenvalue weighted by Crippen LogP contribution is 2.24. The molecule has 4 rings (SSSR count). The number of amides is 1. The van der Waals surface area contributed by atoms with E-state index in [9.17, 15) is 9.18 Å². The molecule has 0 aliphatic heterocycles. The molecular formula is C21H13Cl2FN4O. The van der Waals surface area contributed by atoms with Gasteiger partial charge in [-0.15, -0.1) is 5.10 Å². The van der Waals surface area contributed by atoms with E-state index >= 15 is 0 Å². The van der Waals surface area contributed by atoms with Gasteiger partial charge in [0.1, 0.15) is 5.82 Å². The second kappa shape index (κ2) is 8.03. The van der Waals surface area contributed by atoms with E-state index < -0.39 is 5.91 Å². The molecule has 8 heteroatoms. The Morgan fingerprint density at radius 2 is 1.66 bits per heavy atom. The van der Waals surface area contributed by atoms with E-state index in [2.05, 4.69) is 15.4 Å². The Balaban J connectivity index is 1.75. The fourth-order valence-corrected chi connectivity index (χ4v) is 3.03. The van der Waals surface area contributed by atoms with E-state index in [1.165, 1.54) is 16.8 Å². The molecule has 1 heterocycles. The van der Waals surface area contributed by atoms with Crippen LogP contribution in [0.25, 0.3) is 17.1 Å². The molecule has 3 aromatic carbocycles. The van der Waals surface area contributed by atoms with E-state index in [4.69, 9.17) is 23.2 Å². The summed E-state index contributed by atoms with van der Waals surface area (Å²) in [5, 5.41) is 8.12. The van der Waals surface area contributed by atoms with Gasteiger partial charge in [-0.2, -0.15) is 0 Å². The van der Waals surface area contributed by atoms with Crippen LogP contribution in [-0.2, 0) is 0 Å². The van der Waals surface area contributed by atoms with Crippen LogP contribution in [-0.4, -0.2) is 20.7 Å². The maximum Gasteiger partial charge on any atom is 0.295 e. The smallest absolute Gasteiger partial charge is 0.295 e. The van der Waals surface area contributed by atoms with Gasteiger partial charge >= 0.3 is 0 Å². The number of anilines is 1. The van der Waals surface area contributed by atoms with Crippen LogP contribution < -0.4 is 5.32 Å². The van der Waals surface area contributed by atoms with Gasteiger partial charge in [0, 0.05) is 21.3 Å². The number of benzene rings is 3. The zero-order chi connectivity index (χ0) is 20.4.